The van der Waals surface area contributed by atoms with Gasteiger partial charge in [0.15, 0.2) is 18.1 Å². The maximum absolute atomic E-state index is 11.9. The number of anilines is 1. The lowest BCUT2D eigenvalue weighted by Crippen LogP contribution is -2.21. The van der Waals surface area contributed by atoms with Gasteiger partial charge in [-0.1, -0.05) is 18.2 Å². The van der Waals surface area contributed by atoms with Gasteiger partial charge in [0, 0.05) is 5.69 Å². The highest BCUT2D eigenvalue weighted by Crippen LogP contribution is 2.30. The Bertz CT molecular complexity index is 787. The number of hydrogen-bond acceptors (Lipinski definition) is 5. The highest BCUT2D eigenvalue weighted by molar-refractivity contribution is 5.92. The molecule has 1 N–H and O–H groups in total. The SMILES string of the molecule is Cc1cccc(NC(=O)COC(=O)Cc2ccc3c(c2)OCCO3)c1. The zero-order valence-corrected chi connectivity index (χ0v) is 13.9. The second-order valence-electron chi connectivity index (χ2n) is 5.73. The van der Waals surface area contributed by atoms with Crippen molar-refractivity contribution in [3.63, 3.8) is 0 Å². The fourth-order valence-corrected chi connectivity index (χ4v) is 2.48. The zero-order chi connectivity index (χ0) is 17.6. The Labute approximate surface area is 145 Å². The zero-order valence-electron chi connectivity index (χ0n) is 13.9. The topological polar surface area (TPSA) is 73.9 Å². The fourth-order valence-electron chi connectivity index (χ4n) is 2.48. The first kappa shape index (κ1) is 16.8. The molecule has 0 saturated heterocycles. The number of rotatable bonds is 5. The highest BCUT2D eigenvalue weighted by atomic mass is 16.6. The molecule has 25 heavy (non-hydrogen) atoms. The number of benzene rings is 2. The van der Waals surface area contributed by atoms with Crippen LogP contribution in [0.25, 0.3) is 0 Å². The Morgan fingerprint density at radius 3 is 2.68 bits per heavy atom. The van der Waals surface area contributed by atoms with Gasteiger partial charge in [0.05, 0.1) is 6.42 Å². The monoisotopic (exact) mass is 341 g/mol. The van der Waals surface area contributed by atoms with Crippen LogP contribution in [-0.4, -0.2) is 31.7 Å². The highest BCUT2D eigenvalue weighted by Gasteiger charge is 2.14. The van der Waals surface area contributed by atoms with Crippen LogP contribution in [0.15, 0.2) is 42.5 Å². The summed E-state index contributed by atoms with van der Waals surface area (Å²) in [6.45, 7) is 2.62. The molecule has 0 bridgehead atoms. The van der Waals surface area contributed by atoms with Gasteiger partial charge in [0.1, 0.15) is 13.2 Å². The number of ether oxygens (including phenoxy) is 3. The fraction of sp³-hybridized carbons (Fsp3) is 0.263. The standard InChI is InChI=1S/C19H19NO5/c1-13-3-2-4-15(9-13)20-18(21)12-25-19(22)11-14-5-6-16-17(10-14)24-8-7-23-16/h2-6,9-10H,7-8,11-12H2,1H3,(H,20,21). The normalized spacial score (nSPS) is 12.4. The predicted molar refractivity (Wildman–Crippen MR) is 91.9 cm³/mol. The van der Waals surface area contributed by atoms with Gasteiger partial charge in [0.25, 0.3) is 5.91 Å². The predicted octanol–water partition coefficient (Wildman–Crippen LogP) is 2.49. The Hall–Kier alpha value is -3.02. The molecule has 0 atom stereocenters. The minimum atomic E-state index is -0.476. The van der Waals surface area contributed by atoms with Crippen molar-refractivity contribution in [3.05, 3.63) is 53.6 Å². The van der Waals surface area contributed by atoms with E-state index in [4.69, 9.17) is 14.2 Å². The summed E-state index contributed by atoms with van der Waals surface area (Å²) in [4.78, 5) is 23.8. The molecule has 0 aromatic heterocycles. The van der Waals surface area contributed by atoms with E-state index < -0.39 is 5.97 Å². The van der Waals surface area contributed by atoms with Gasteiger partial charge in [-0.05, 0) is 42.3 Å². The van der Waals surface area contributed by atoms with Crippen molar-refractivity contribution in [2.24, 2.45) is 0 Å². The third-order valence-corrected chi connectivity index (χ3v) is 3.62. The van der Waals surface area contributed by atoms with Crippen LogP contribution in [0.1, 0.15) is 11.1 Å². The summed E-state index contributed by atoms with van der Waals surface area (Å²) in [6.07, 6.45) is 0.0639. The quantitative estimate of drug-likeness (QED) is 0.846. The number of hydrogen-bond donors (Lipinski definition) is 1. The molecule has 1 aliphatic heterocycles. The number of carbonyl (C=O) groups excluding carboxylic acids is 2. The van der Waals surface area contributed by atoms with Gasteiger partial charge < -0.3 is 19.5 Å². The average molecular weight is 341 g/mol. The third kappa shape index (κ3) is 4.73. The van der Waals surface area contributed by atoms with Crippen molar-refractivity contribution in [2.45, 2.75) is 13.3 Å². The van der Waals surface area contributed by atoms with Gasteiger partial charge in [-0.15, -0.1) is 0 Å². The molecule has 0 radical (unpaired) electrons. The molecule has 1 aliphatic rings. The molecule has 6 heteroatoms. The first-order valence-corrected chi connectivity index (χ1v) is 8.01. The lowest BCUT2D eigenvalue weighted by molar-refractivity contribution is -0.146. The maximum atomic E-state index is 11.9. The lowest BCUT2D eigenvalue weighted by atomic mass is 10.1. The molecule has 0 unspecified atom stereocenters. The van der Waals surface area contributed by atoms with Crippen LogP contribution in [0.5, 0.6) is 11.5 Å². The molecule has 0 spiro atoms. The van der Waals surface area contributed by atoms with Crippen LogP contribution in [0, 0.1) is 6.92 Å². The van der Waals surface area contributed by atoms with Crippen molar-refractivity contribution >= 4 is 17.6 Å². The van der Waals surface area contributed by atoms with Gasteiger partial charge >= 0.3 is 5.97 Å². The van der Waals surface area contributed by atoms with Crippen LogP contribution >= 0.6 is 0 Å². The number of amides is 1. The van der Waals surface area contributed by atoms with Crippen molar-refractivity contribution in [2.75, 3.05) is 25.1 Å². The van der Waals surface area contributed by atoms with E-state index in [2.05, 4.69) is 5.32 Å². The molecular formula is C19H19NO5. The second-order valence-corrected chi connectivity index (χ2v) is 5.73. The van der Waals surface area contributed by atoms with Crippen LogP contribution in [-0.2, 0) is 20.7 Å². The van der Waals surface area contributed by atoms with Crippen LogP contribution in [0.2, 0.25) is 0 Å². The van der Waals surface area contributed by atoms with E-state index in [1.165, 1.54) is 0 Å². The average Bonchev–Trinajstić information content (AvgIpc) is 2.60. The lowest BCUT2D eigenvalue weighted by Gasteiger charge is -2.18. The minimum Gasteiger partial charge on any atom is -0.486 e. The van der Waals surface area contributed by atoms with Crippen molar-refractivity contribution in [3.8, 4) is 11.5 Å². The molecule has 6 nitrogen and oxygen atoms in total. The number of aryl methyl sites for hydroxylation is 1. The molecule has 130 valence electrons. The Balaban J connectivity index is 1.48. The van der Waals surface area contributed by atoms with E-state index in [9.17, 15) is 9.59 Å². The van der Waals surface area contributed by atoms with Gasteiger partial charge in [-0.25, -0.2) is 0 Å². The summed E-state index contributed by atoms with van der Waals surface area (Å²) in [5.74, 6) is 0.437. The maximum Gasteiger partial charge on any atom is 0.310 e. The van der Waals surface area contributed by atoms with Crippen LogP contribution < -0.4 is 14.8 Å². The molecule has 0 aliphatic carbocycles. The molecule has 1 heterocycles. The molecular weight excluding hydrogens is 322 g/mol. The number of nitrogens with one attached hydrogen (secondary N) is 1. The molecule has 2 aromatic rings. The largest absolute Gasteiger partial charge is 0.486 e. The van der Waals surface area contributed by atoms with E-state index in [0.717, 1.165) is 11.1 Å². The van der Waals surface area contributed by atoms with Crippen molar-refractivity contribution in [1.82, 2.24) is 0 Å². The van der Waals surface area contributed by atoms with Gasteiger partial charge in [0.2, 0.25) is 0 Å². The van der Waals surface area contributed by atoms with E-state index in [0.29, 0.717) is 30.4 Å². The summed E-state index contributed by atoms with van der Waals surface area (Å²) in [5.41, 5.74) is 2.45. The van der Waals surface area contributed by atoms with E-state index >= 15 is 0 Å². The number of esters is 1. The Kier molecular flexibility index (Phi) is 5.18. The second kappa shape index (κ2) is 7.70. The van der Waals surface area contributed by atoms with Crippen molar-refractivity contribution < 1.29 is 23.8 Å². The van der Waals surface area contributed by atoms with E-state index in [1.54, 1.807) is 24.3 Å². The summed E-state index contributed by atoms with van der Waals surface area (Å²) >= 11 is 0. The van der Waals surface area contributed by atoms with Crippen LogP contribution in [0.3, 0.4) is 0 Å². The smallest absolute Gasteiger partial charge is 0.310 e. The summed E-state index contributed by atoms with van der Waals surface area (Å²) in [6, 6.07) is 12.7. The summed E-state index contributed by atoms with van der Waals surface area (Å²) in [7, 11) is 0. The number of carbonyl (C=O) groups is 2. The minimum absolute atomic E-state index is 0.0639. The molecule has 0 fully saturated rings. The number of fused-ring (bicyclic) bond motifs is 1. The molecule has 2 aromatic carbocycles. The first-order chi connectivity index (χ1) is 12.1. The molecule has 0 saturated carbocycles. The first-order valence-electron chi connectivity index (χ1n) is 8.01. The third-order valence-electron chi connectivity index (χ3n) is 3.62. The Morgan fingerprint density at radius 2 is 1.88 bits per heavy atom. The Morgan fingerprint density at radius 1 is 1.08 bits per heavy atom. The van der Waals surface area contributed by atoms with Gasteiger partial charge in [-0.3, -0.25) is 9.59 Å². The summed E-state index contributed by atoms with van der Waals surface area (Å²) < 4.78 is 15.9. The molecule has 1 amide bonds. The van der Waals surface area contributed by atoms with E-state index in [-0.39, 0.29) is 18.9 Å². The van der Waals surface area contributed by atoms with Crippen LogP contribution in [0.4, 0.5) is 5.69 Å². The summed E-state index contributed by atoms with van der Waals surface area (Å²) in [5, 5.41) is 2.69. The van der Waals surface area contributed by atoms with Crippen molar-refractivity contribution in [1.29, 1.82) is 0 Å². The molecule has 3 rings (SSSR count). The van der Waals surface area contributed by atoms with E-state index in [1.807, 2.05) is 25.1 Å². The van der Waals surface area contributed by atoms with Gasteiger partial charge in [-0.2, -0.15) is 0 Å².